The molecule has 0 saturated carbocycles. The minimum absolute atomic E-state index is 0.694. The molecular weight excluding hydrogens is 315 g/mol. The van der Waals surface area contributed by atoms with E-state index in [1.54, 1.807) is 0 Å². The molecular formula is C18H20Cl2N2. The Morgan fingerprint density at radius 1 is 0.909 bits per heavy atom. The molecule has 0 atom stereocenters. The van der Waals surface area contributed by atoms with Gasteiger partial charge in [-0.2, -0.15) is 0 Å². The fraction of sp³-hybridized carbons (Fsp3) is 0.333. The first-order valence-electron chi connectivity index (χ1n) is 7.76. The van der Waals surface area contributed by atoms with Gasteiger partial charge in [-0.1, -0.05) is 41.4 Å². The number of anilines is 2. The number of nitrogens with one attached hydrogen (secondary N) is 1. The highest BCUT2D eigenvalue weighted by Crippen LogP contribution is 2.31. The van der Waals surface area contributed by atoms with Gasteiger partial charge >= 0.3 is 0 Å². The molecule has 1 aliphatic heterocycles. The van der Waals surface area contributed by atoms with Crippen LogP contribution < -0.4 is 10.2 Å². The van der Waals surface area contributed by atoms with Crippen LogP contribution in [0.2, 0.25) is 10.0 Å². The van der Waals surface area contributed by atoms with Crippen molar-refractivity contribution in [3.63, 3.8) is 0 Å². The Hall–Kier alpha value is -1.38. The summed E-state index contributed by atoms with van der Waals surface area (Å²) >= 11 is 12.6. The smallest absolute Gasteiger partial charge is 0.0660 e. The fourth-order valence-electron chi connectivity index (χ4n) is 2.85. The van der Waals surface area contributed by atoms with Gasteiger partial charge in [0.25, 0.3) is 0 Å². The Morgan fingerprint density at radius 3 is 2.41 bits per heavy atom. The lowest BCUT2D eigenvalue weighted by molar-refractivity contribution is 0.578. The van der Waals surface area contributed by atoms with Crippen molar-refractivity contribution in [1.29, 1.82) is 0 Å². The van der Waals surface area contributed by atoms with Crippen LogP contribution in [-0.2, 0) is 6.54 Å². The van der Waals surface area contributed by atoms with Crippen molar-refractivity contribution in [2.75, 3.05) is 23.3 Å². The van der Waals surface area contributed by atoms with Crippen LogP contribution in [0.3, 0.4) is 0 Å². The molecule has 2 aromatic carbocycles. The van der Waals surface area contributed by atoms with E-state index in [0.717, 1.165) is 40.1 Å². The molecule has 0 aliphatic carbocycles. The van der Waals surface area contributed by atoms with Crippen molar-refractivity contribution in [3.05, 3.63) is 58.1 Å². The first kappa shape index (κ1) is 15.5. The van der Waals surface area contributed by atoms with Crippen molar-refractivity contribution < 1.29 is 0 Å². The van der Waals surface area contributed by atoms with Crippen LogP contribution in [0.15, 0.2) is 42.5 Å². The minimum atomic E-state index is 0.694. The monoisotopic (exact) mass is 334 g/mol. The molecule has 0 aromatic heterocycles. The summed E-state index contributed by atoms with van der Waals surface area (Å²) in [5, 5.41) is 4.98. The van der Waals surface area contributed by atoms with Gasteiger partial charge in [-0.3, -0.25) is 0 Å². The second kappa shape index (κ2) is 7.26. The summed E-state index contributed by atoms with van der Waals surface area (Å²) in [4.78, 5) is 2.38. The third kappa shape index (κ3) is 3.68. The van der Waals surface area contributed by atoms with E-state index in [1.807, 2.05) is 30.3 Å². The number of halogens is 2. The SMILES string of the molecule is Clc1ccccc1CNc1ccc(N2CCCCC2)c(Cl)c1. The molecule has 1 aliphatic rings. The molecule has 22 heavy (non-hydrogen) atoms. The molecule has 1 fully saturated rings. The highest BCUT2D eigenvalue weighted by atomic mass is 35.5. The maximum atomic E-state index is 6.47. The van der Waals surface area contributed by atoms with Crippen molar-refractivity contribution in [2.24, 2.45) is 0 Å². The van der Waals surface area contributed by atoms with E-state index in [2.05, 4.69) is 22.3 Å². The molecule has 2 aromatic rings. The Labute approximate surface area is 142 Å². The van der Waals surface area contributed by atoms with Gasteiger partial charge in [-0.25, -0.2) is 0 Å². The zero-order chi connectivity index (χ0) is 15.4. The molecule has 3 rings (SSSR count). The van der Waals surface area contributed by atoms with Crippen molar-refractivity contribution >= 4 is 34.6 Å². The van der Waals surface area contributed by atoms with Crippen molar-refractivity contribution in [2.45, 2.75) is 25.8 Å². The lowest BCUT2D eigenvalue weighted by Gasteiger charge is -2.29. The van der Waals surface area contributed by atoms with Gasteiger partial charge in [0.05, 0.1) is 10.7 Å². The number of hydrogen-bond acceptors (Lipinski definition) is 2. The van der Waals surface area contributed by atoms with Gasteiger partial charge in [0.1, 0.15) is 0 Å². The Balaban J connectivity index is 1.68. The average Bonchev–Trinajstić information content (AvgIpc) is 2.55. The molecule has 4 heteroatoms. The standard InChI is InChI=1S/C18H20Cl2N2/c19-16-7-3-2-6-14(16)13-21-15-8-9-18(17(20)12-15)22-10-4-1-5-11-22/h2-3,6-9,12,21H,1,4-5,10-11,13H2. The highest BCUT2D eigenvalue weighted by Gasteiger charge is 2.14. The van der Waals surface area contributed by atoms with Gasteiger partial charge in [0.2, 0.25) is 0 Å². The summed E-state index contributed by atoms with van der Waals surface area (Å²) in [5.74, 6) is 0. The summed E-state index contributed by atoms with van der Waals surface area (Å²) < 4.78 is 0. The average molecular weight is 335 g/mol. The van der Waals surface area contributed by atoms with E-state index in [9.17, 15) is 0 Å². The predicted octanol–water partition coefficient (Wildman–Crippen LogP) is 5.60. The molecule has 0 bridgehead atoms. The number of piperidine rings is 1. The van der Waals surface area contributed by atoms with Crippen LogP contribution in [0, 0.1) is 0 Å². The Morgan fingerprint density at radius 2 is 1.68 bits per heavy atom. The quantitative estimate of drug-likeness (QED) is 0.783. The second-order valence-electron chi connectivity index (χ2n) is 5.66. The summed E-state index contributed by atoms with van der Waals surface area (Å²) in [6.07, 6.45) is 3.83. The molecule has 1 N–H and O–H groups in total. The third-order valence-corrected chi connectivity index (χ3v) is 4.76. The normalized spacial score (nSPS) is 14.9. The van der Waals surface area contributed by atoms with E-state index in [4.69, 9.17) is 23.2 Å². The molecule has 0 spiro atoms. The van der Waals surface area contributed by atoms with Gasteiger partial charge in [0.15, 0.2) is 0 Å². The molecule has 116 valence electrons. The van der Waals surface area contributed by atoms with Crippen LogP contribution in [-0.4, -0.2) is 13.1 Å². The van der Waals surface area contributed by atoms with Crippen LogP contribution in [0.4, 0.5) is 11.4 Å². The number of nitrogens with zero attached hydrogens (tertiary/aromatic N) is 1. The van der Waals surface area contributed by atoms with E-state index >= 15 is 0 Å². The van der Waals surface area contributed by atoms with Crippen LogP contribution in [0.1, 0.15) is 24.8 Å². The van der Waals surface area contributed by atoms with Gasteiger partial charge in [0, 0.05) is 30.3 Å². The molecule has 1 heterocycles. The van der Waals surface area contributed by atoms with Crippen LogP contribution in [0.25, 0.3) is 0 Å². The number of hydrogen-bond donors (Lipinski definition) is 1. The van der Waals surface area contributed by atoms with Gasteiger partial charge < -0.3 is 10.2 Å². The fourth-order valence-corrected chi connectivity index (χ4v) is 3.35. The predicted molar refractivity (Wildman–Crippen MR) is 96.3 cm³/mol. The molecule has 0 unspecified atom stereocenters. The molecule has 2 nitrogen and oxygen atoms in total. The molecule has 1 saturated heterocycles. The van der Waals surface area contributed by atoms with E-state index < -0.39 is 0 Å². The first-order chi connectivity index (χ1) is 10.7. The van der Waals surface area contributed by atoms with E-state index in [-0.39, 0.29) is 0 Å². The maximum absolute atomic E-state index is 6.47. The zero-order valence-corrected chi connectivity index (χ0v) is 14.0. The van der Waals surface area contributed by atoms with Crippen LogP contribution >= 0.6 is 23.2 Å². The summed E-state index contributed by atoms with van der Waals surface area (Å²) in [6, 6.07) is 14.1. The van der Waals surface area contributed by atoms with Gasteiger partial charge in [-0.05, 0) is 49.1 Å². The lowest BCUT2D eigenvalue weighted by atomic mass is 10.1. The highest BCUT2D eigenvalue weighted by molar-refractivity contribution is 6.33. The third-order valence-electron chi connectivity index (χ3n) is 4.09. The first-order valence-corrected chi connectivity index (χ1v) is 8.51. The maximum Gasteiger partial charge on any atom is 0.0660 e. The summed E-state index contributed by atoms with van der Waals surface area (Å²) in [6.45, 7) is 2.90. The van der Waals surface area contributed by atoms with Crippen LogP contribution in [0.5, 0.6) is 0 Å². The van der Waals surface area contributed by atoms with Crippen molar-refractivity contribution in [3.8, 4) is 0 Å². The topological polar surface area (TPSA) is 15.3 Å². The lowest BCUT2D eigenvalue weighted by Crippen LogP contribution is -2.29. The summed E-state index contributed by atoms with van der Waals surface area (Å²) in [7, 11) is 0. The van der Waals surface area contributed by atoms with E-state index in [1.165, 1.54) is 19.3 Å². The molecule has 0 radical (unpaired) electrons. The molecule has 0 amide bonds. The number of benzene rings is 2. The van der Waals surface area contributed by atoms with Gasteiger partial charge in [-0.15, -0.1) is 0 Å². The zero-order valence-electron chi connectivity index (χ0n) is 12.5. The number of rotatable bonds is 4. The Kier molecular flexibility index (Phi) is 5.12. The minimum Gasteiger partial charge on any atom is -0.381 e. The largest absolute Gasteiger partial charge is 0.381 e. The second-order valence-corrected chi connectivity index (χ2v) is 6.47. The Bertz CT molecular complexity index is 637. The van der Waals surface area contributed by atoms with Crippen molar-refractivity contribution in [1.82, 2.24) is 0 Å². The van der Waals surface area contributed by atoms with E-state index in [0.29, 0.717) is 6.54 Å². The summed E-state index contributed by atoms with van der Waals surface area (Å²) in [5.41, 5.74) is 3.25.